The van der Waals surface area contributed by atoms with E-state index in [0.29, 0.717) is 40.6 Å². The first-order valence-corrected chi connectivity index (χ1v) is 12.9. The van der Waals surface area contributed by atoms with Crippen LogP contribution in [0.2, 0.25) is 0 Å². The molecule has 2 N–H and O–H groups in total. The van der Waals surface area contributed by atoms with Gasteiger partial charge in [0.2, 0.25) is 0 Å². The van der Waals surface area contributed by atoms with E-state index in [2.05, 4.69) is 15.5 Å². The lowest BCUT2D eigenvalue weighted by Crippen LogP contribution is -2.37. The van der Waals surface area contributed by atoms with Crippen molar-refractivity contribution in [2.75, 3.05) is 64.3 Å². The number of anilines is 2. The van der Waals surface area contributed by atoms with Crippen LogP contribution in [0, 0.1) is 6.92 Å². The summed E-state index contributed by atoms with van der Waals surface area (Å²) in [5, 5.41) is 5.81. The van der Waals surface area contributed by atoms with Crippen LogP contribution in [0.25, 0.3) is 0 Å². The number of morpholine rings is 1. The number of ether oxygens (including phenoxy) is 4. The van der Waals surface area contributed by atoms with Gasteiger partial charge in [-0.1, -0.05) is 6.07 Å². The summed E-state index contributed by atoms with van der Waals surface area (Å²) in [4.78, 5) is 28.1. The third-order valence-electron chi connectivity index (χ3n) is 6.50. The van der Waals surface area contributed by atoms with Crippen LogP contribution in [-0.4, -0.2) is 70.4 Å². The van der Waals surface area contributed by atoms with Crippen molar-refractivity contribution >= 4 is 23.2 Å². The summed E-state index contributed by atoms with van der Waals surface area (Å²) in [5.41, 5.74) is 2.94. The van der Waals surface area contributed by atoms with Crippen molar-refractivity contribution in [2.45, 2.75) is 13.3 Å². The van der Waals surface area contributed by atoms with Gasteiger partial charge in [-0.05, 0) is 73.5 Å². The summed E-state index contributed by atoms with van der Waals surface area (Å²) in [7, 11) is 3.06. The second-order valence-corrected chi connectivity index (χ2v) is 9.19. The van der Waals surface area contributed by atoms with Gasteiger partial charge in [-0.2, -0.15) is 0 Å². The molecule has 3 aromatic carbocycles. The number of carbonyl (C=O) groups excluding carboxylic acids is 2. The van der Waals surface area contributed by atoms with Crippen LogP contribution in [0.15, 0.2) is 60.7 Å². The minimum absolute atomic E-state index is 0.255. The number of methoxy groups -OCH3 is 2. The Bertz CT molecular complexity index is 1270. The van der Waals surface area contributed by atoms with Gasteiger partial charge in [-0.25, -0.2) is 0 Å². The largest absolute Gasteiger partial charge is 0.494 e. The predicted molar refractivity (Wildman–Crippen MR) is 150 cm³/mol. The van der Waals surface area contributed by atoms with Crippen LogP contribution < -0.4 is 24.8 Å². The summed E-state index contributed by atoms with van der Waals surface area (Å²) in [6, 6.07) is 17.4. The molecular weight excluding hydrogens is 498 g/mol. The van der Waals surface area contributed by atoms with Crippen molar-refractivity contribution < 1.29 is 28.5 Å². The van der Waals surface area contributed by atoms with E-state index in [0.717, 1.165) is 50.6 Å². The number of carbonyl (C=O) groups is 2. The molecule has 3 aromatic rings. The zero-order valence-electron chi connectivity index (χ0n) is 22.6. The van der Waals surface area contributed by atoms with E-state index >= 15 is 0 Å². The fraction of sp³-hybridized carbons (Fsp3) is 0.333. The Balaban J connectivity index is 1.31. The summed E-state index contributed by atoms with van der Waals surface area (Å²) < 4.78 is 21.7. The van der Waals surface area contributed by atoms with Gasteiger partial charge in [0.1, 0.15) is 5.75 Å². The minimum atomic E-state index is -0.303. The normalized spacial score (nSPS) is 13.4. The van der Waals surface area contributed by atoms with Crippen LogP contribution in [0.4, 0.5) is 11.4 Å². The lowest BCUT2D eigenvalue weighted by atomic mass is 10.1. The average Bonchev–Trinajstić information content (AvgIpc) is 2.97. The van der Waals surface area contributed by atoms with Crippen molar-refractivity contribution in [3.63, 3.8) is 0 Å². The molecular formula is C30H35N3O6. The van der Waals surface area contributed by atoms with Crippen LogP contribution in [0.5, 0.6) is 17.2 Å². The molecule has 0 aromatic heterocycles. The zero-order valence-corrected chi connectivity index (χ0v) is 22.6. The maximum atomic E-state index is 12.9. The highest BCUT2D eigenvalue weighted by molar-refractivity contribution is 6.07. The number of hydrogen-bond donors (Lipinski definition) is 2. The van der Waals surface area contributed by atoms with Crippen molar-refractivity contribution in [1.82, 2.24) is 4.90 Å². The molecule has 206 valence electrons. The Morgan fingerprint density at radius 2 is 1.54 bits per heavy atom. The highest BCUT2D eigenvalue weighted by atomic mass is 16.5. The molecule has 1 aliphatic heterocycles. The Hall–Kier alpha value is -4.08. The van der Waals surface area contributed by atoms with Gasteiger partial charge in [-0.15, -0.1) is 0 Å². The molecule has 2 amide bonds. The van der Waals surface area contributed by atoms with Gasteiger partial charge in [0.15, 0.2) is 11.5 Å². The molecule has 1 fully saturated rings. The number of nitrogens with zero attached hydrogens (tertiary/aromatic N) is 1. The minimum Gasteiger partial charge on any atom is -0.494 e. The standard InChI is InChI=1S/C30H35N3O6/c1-21-5-9-24(20-26(21)32-30(35)23-8-12-27(36-2)28(19-23)37-3)31-29(34)22-6-10-25(11-7-22)39-16-4-13-33-14-17-38-18-15-33/h5-12,19-20H,4,13-18H2,1-3H3,(H,31,34)(H,32,35). The number of benzene rings is 3. The van der Waals surface area contributed by atoms with Crippen molar-refractivity contribution in [2.24, 2.45) is 0 Å². The first-order chi connectivity index (χ1) is 19.0. The molecule has 0 unspecified atom stereocenters. The Morgan fingerprint density at radius 3 is 2.26 bits per heavy atom. The molecule has 0 aliphatic carbocycles. The monoisotopic (exact) mass is 533 g/mol. The van der Waals surface area contributed by atoms with Crippen molar-refractivity contribution in [3.05, 3.63) is 77.4 Å². The molecule has 1 saturated heterocycles. The van der Waals surface area contributed by atoms with E-state index in [1.807, 2.05) is 13.0 Å². The number of aryl methyl sites for hydroxylation is 1. The van der Waals surface area contributed by atoms with Crippen LogP contribution in [0.3, 0.4) is 0 Å². The smallest absolute Gasteiger partial charge is 0.255 e. The van der Waals surface area contributed by atoms with Crippen molar-refractivity contribution in [3.8, 4) is 17.2 Å². The van der Waals surface area contributed by atoms with Gasteiger partial charge in [0, 0.05) is 42.1 Å². The second-order valence-electron chi connectivity index (χ2n) is 9.19. The molecule has 0 radical (unpaired) electrons. The number of amides is 2. The van der Waals surface area contributed by atoms with Crippen molar-refractivity contribution in [1.29, 1.82) is 0 Å². The highest BCUT2D eigenvalue weighted by Gasteiger charge is 2.14. The third-order valence-corrected chi connectivity index (χ3v) is 6.50. The maximum absolute atomic E-state index is 12.9. The maximum Gasteiger partial charge on any atom is 0.255 e. The first-order valence-electron chi connectivity index (χ1n) is 12.9. The zero-order chi connectivity index (χ0) is 27.6. The molecule has 0 spiro atoms. The summed E-state index contributed by atoms with van der Waals surface area (Å²) >= 11 is 0. The number of hydrogen-bond acceptors (Lipinski definition) is 7. The molecule has 1 aliphatic rings. The molecule has 0 bridgehead atoms. The molecule has 0 atom stereocenters. The highest BCUT2D eigenvalue weighted by Crippen LogP contribution is 2.28. The van der Waals surface area contributed by atoms with E-state index in [-0.39, 0.29) is 11.8 Å². The molecule has 4 rings (SSSR count). The van der Waals surface area contributed by atoms with Crippen LogP contribution >= 0.6 is 0 Å². The second kappa shape index (κ2) is 13.6. The van der Waals surface area contributed by atoms with E-state index in [4.69, 9.17) is 18.9 Å². The van der Waals surface area contributed by atoms with Gasteiger partial charge in [-0.3, -0.25) is 14.5 Å². The Labute approximate surface area is 229 Å². The van der Waals surface area contributed by atoms with E-state index in [9.17, 15) is 9.59 Å². The van der Waals surface area contributed by atoms with E-state index < -0.39 is 0 Å². The Kier molecular flexibility index (Phi) is 9.77. The van der Waals surface area contributed by atoms with Crippen LogP contribution in [-0.2, 0) is 4.74 Å². The fourth-order valence-electron chi connectivity index (χ4n) is 4.22. The molecule has 9 heteroatoms. The van der Waals surface area contributed by atoms with E-state index in [1.165, 1.54) is 14.2 Å². The van der Waals surface area contributed by atoms with Gasteiger partial charge in [0.05, 0.1) is 34.0 Å². The number of rotatable bonds is 11. The Morgan fingerprint density at radius 1 is 0.846 bits per heavy atom. The quantitative estimate of drug-likeness (QED) is 0.347. The summed E-state index contributed by atoms with van der Waals surface area (Å²) in [5.74, 6) is 1.17. The van der Waals surface area contributed by atoms with E-state index in [1.54, 1.807) is 54.6 Å². The molecule has 39 heavy (non-hydrogen) atoms. The molecule has 1 heterocycles. The lowest BCUT2D eigenvalue weighted by Gasteiger charge is -2.26. The summed E-state index contributed by atoms with van der Waals surface area (Å²) in [6.07, 6.45) is 0.931. The summed E-state index contributed by atoms with van der Waals surface area (Å²) in [6.45, 7) is 7.01. The van der Waals surface area contributed by atoms with Gasteiger partial charge in [0.25, 0.3) is 11.8 Å². The topological polar surface area (TPSA) is 98.4 Å². The van der Waals surface area contributed by atoms with Gasteiger partial charge < -0.3 is 29.6 Å². The predicted octanol–water partition coefficient (Wildman–Crippen LogP) is 4.62. The SMILES string of the molecule is COc1ccc(C(=O)Nc2cc(NC(=O)c3ccc(OCCCN4CCOCC4)cc3)ccc2C)cc1OC. The first kappa shape index (κ1) is 27.9. The van der Waals surface area contributed by atoms with Crippen LogP contribution in [0.1, 0.15) is 32.7 Å². The number of nitrogens with one attached hydrogen (secondary N) is 2. The average molecular weight is 534 g/mol. The molecule has 0 saturated carbocycles. The molecule has 9 nitrogen and oxygen atoms in total. The third kappa shape index (κ3) is 7.72. The lowest BCUT2D eigenvalue weighted by molar-refractivity contribution is 0.0358. The van der Waals surface area contributed by atoms with Gasteiger partial charge >= 0.3 is 0 Å². The fourth-order valence-corrected chi connectivity index (χ4v) is 4.22.